The molecular weight excluding hydrogens is 250 g/mol. The summed E-state index contributed by atoms with van der Waals surface area (Å²) in [5.74, 6) is 0.0340. The number of nitrogens with one attached hydrogen (secondary N) is 1. The van der Waals surface area contributed by atoms with Crippen molar-refractivity contribution >= 4 is 23.1 Å². The van der Waals surface area contributed by atoms with Gasteiger partial charge in [-0.05, 0) is 31.0 Å². The third-order valence-electron chi connectivity index (χ3n) is 3.16. The van der Waals surface area contributed by atoms with E-state index in [1.807, 2.05) is 19.2 Å². The molecule has 0 amide bonds. The van der Waals surface area contributed by atoms with Gasteiger partial charge in [0.1, 0.15) is 5.84 Å². The molecule has 1 atom stereocenters. The predicted molar refractivity (Wildman–Crippen MR) is 74.7 cm³/mol. The molecule has 1 aliphatic rings. The lowest BCUT2D eigenvalue weighted by atomic mass is 10.1. The quantitative estimate of drug-likeness (QED) is 0.650. The van der Waals surface area contributed by atoms with E-state index in [0.29, 0.717) is 10.6 Å². The fourth-order valence-corrected chi connectivity index (χ4v) is 2.42. The zero-order valence-electron chi connectivity index (χ0n) is 10.4. The van der Waals surface area contributed by atoms with Crippen molar-refractivity contribution in [3.05, 3.63) is 28.8 Å². The normalized spacial score (nSPS) is 18.9. The number of benzene rings is 1. The molecule has 4 nitrogen and oxygen atoms in total. The first kappa shape index (κ1) is 13.2. The van der Waals surface area contributed by atoms with Crippen molar-refractivity contribution in [2.75, 3.05) is 25.1 Å². The van der Waals surface area contributed by atoms with Crippen LogP contribution in [0.5, 0.6) is 0 Å². The first-order chi connectivity index (χ1) is 8.58. The lowest BCUT2D eigenvalue weighted by molar-refractivity contribution is 0.116. The van der Waals surface area contributed by atoms with Crippen LogP contribution in [0.15, 0.2) is 18.2 Å². The van der Waals surface area contributed by atoms with Crippen molar-refractivity contribution in [2.24, 2.45) is 5.73 Å². The van der Waals surface area contributed by atoms with E-state index in [1.165, 1.54) is 0 Å². The standard InChI is InChI=1S/C13H18ClN3O/c1-17(8-10-3-2-6-18-10)12-5-4-9(14)7-11(12)13(15)16/h4-5,7,10H,2-3,6,8H2,1H3,(H3,15,16). The highest BCUT2D eigenvalue weighted by atomic mass is 35.5. The van der Waals surface area contributed by atoms with Crippen LogP contribution in [0.1, 0.15) is 18.4 Å². The Kier molecular flexibility index (Phi) is 4.09. The molecule has 0 spiro atoms. The molecule has 0 saturated carbocycles. The summed E-state index contributed by atoms with van der Waals surface area (Å²) < 4.78 is 5.62. The number of hydrogen-bond acceptors (Lipinski definition) is 3. The lowest BCUT2D eigenvalue weighted by Crippen LogP contribution is -2.30. The van der Waals surface area contributed by atoms with E-state index >= 15 is 0 Å². The van der Waals surface area contributed by atoms with Gasteiger partial charge in [-0.25, -0.2) is 0 Å². The van der Waals surface area contributed by atoms with E-state index in [0.717, 1.165) is 31.7 Å². The Morgan fingerprint density at radius 2 is 2.39 bits per heavy atom. The zero-order valence-corrected chi connectivity index (χ0v) is 11.2. The van der Waals surface area contributed by atoms with Crippen LogP contribution in [0, 0.1) is 5.41 Å². The minimum absolute atomic E-state index is 0.0340. The van der Waals surface area contributed by atoms with Crippen LogP contribution in [-0.4, -0.2) is 32.1 Å². The molecule has 0 bridgehead atoms. The van der Waals surface area contributed by atoms with Gasteiger partial charge in [-0.1, -0.05) is 11.6 Å². The second-order valence-electron chi connectivity index (χ2n) is 4.59. The first-order valence-corrected chi connectivity index (χ1v) is 6.42. The number of anilines is 1. The molecule has 18 heavy (non-hydrogen) atoms. The summed E-state index contributed by atoms with van der Waals surface area (Å²) in [6, 6.07) is 5.44. The van der Waals surface area contributed by atoms with Gasteiger partial charge in [-0.15, -0.1) is 0 Å². The number of hydrogen-bond donors (Lipinski definition) is 2. The van der Waals surface area contributed by atoms with E-state index in [9.17, 15) is 0 Å². The van der Waals surface area contributed by atoms with Crippen LogP contribution in [0.25, 0.3) is 0 Å². The average Bonchev–Trinajstić information content (AvgIpc) is 2.81. The van der Waals surface area contributed by atoms with Gasteiger partial charge in [-0.3, -0.25) is 5.41 Å². The fraction of sp³-hybridized carbons (Fsp3) is 0.462. The minimum atomic E-state index is 0.0340. The first-order valence-electron chi connectivity index (χ1n) is 6.04. The maximum atomic E-state index is 7.61. The Morgan fingerprint density at radius 1 is 1.61 bits per heavy atom. The van der Waals surface area contributed by atoms with E-state index in [4.69, 9.17) is 27.5 Å². The molecular formula is C13H18ClN3O. The van der Waals surface area contributed by atoms with Crippen LogP contribution in [0.2, 0.25) is 5.02 Å². The summed E-state index contributed by atoms with van der Waals surface area (Å²) in [6.45, 7) is 1.65. The number of likely N-dealkylation sites (N-methyl/N-ethyl adjacent to an activating group) is 1. The van der Waals surface area contributed by atoms with E-state index in [1.54, 1.807) is 6.07 Å². The second-order valence-corrected chi connectivity index (χ2v) is 5.03. The van der Waals surface area contributed by atoms with Crippen molar-refractivity contribution in [2.45, 2.75) is 18.9 Å². The molecule has 0 aromatic heterocycles. The third kappa shape index (κ3) is 2.94. The number of nitrogen functional groups attached to an aromatic ring is 1. The number of rotatable bonds is 4. The lowest BCUT2D eigenvalue weighted by Gasteiger charge is -2.25. The Bertz CT molecular complexity index is 444. The van der Waals surface area contributed by atoms with Gasteiger partial charge < -0.3 is 15.4 Å². The van der Waals surface area contributed by atoms with E-state index < -0.39 is 0 Å². The number of ether oxygens (including phenoxy) is 1. The van der Waals surface area contributed by atoms with Crippen LogP contribution >= 0.6 is 11.6 Å². The molecule has 98 valence electrons. The number of halogens is 1. The minimum Gasteiger partial charge on any atom is -0.384 e. The summed E-state index contributed by atoms with van der Waals surface area (Å²) in [5.41, 5.74) is 7.18. The second kappa shape index (κ2) is 5.59. The largest absolute Gasteiger partial charge is 0.384 e. The van der Waals surface area contributed by atoms with Crippen LogP contribution < -0.4 is 10.6 Å². The molecule has 1 unspecified atom stereocenters. The summed E-state index contributed by atoms with van der Waals surface area (Å²) >= 11 is 5.94. The van der Waals surface area contributed by atoms with E-state index in [2.05, 4.69) is 4.90 Å². The van der Waals surface area contributed by atoms with Crippen LogP contribution in [0.4, 0.5) is 5.69 Å². The smallest absolute Gasteiger partial charge is 0.124 e. The third-order valence-corrected chi connectivity index (χ3v) is 3.40. The summed E-state index contributed by atoms with van der Waals surface area (Å²) in [6.07, 6.45) is 2.48. The van der Waals surface area contributed by atoms with Gasteiger partial charge in [0.15, 0.2) is 0 Å². The highest BCUT2D eigenvalue weighted by Crippen LogP contribution is 2.24. The Balaban J connectivity index is 2.17. The van der Waals surface area contributed by atoms with E-state index in [-0.39, 0.29) is 11.9 Å². The van der Waals surface area contributed by atoms with Crippen LogP contribution in [-0.2, 0) is 4.74 Å². The van der Waals surface area contributed by atoms with Crippen molar-refractivity contribution < 1.29 is 4.74 Å². The van der Waals surface area contributed by atoms with Gasteiger partial charge in [0.2, 0.25) is 0 Å². The molecule has 1 saturated heterocycles. The molecule has 5 heteroatoms. The number of nitrogens with zero attached hydrogens (tertiary/aromatic N) is 1. The van der Waals surface area contributed by atoms with Gasteiger partial charge in [0.25, 0.3) is 0 Å². The van der Waals surface area contributed by atoms with Gasteiger partial charge in [0.05, 0.1) is 6.10 Å². The van der Waals surface area contributed by atoms with Crippen molar-refractivity contribution in [3.63, 3.8) is 0 Å². The molecule has 1 aromatic carbocycles. The van der Waals surface area contributed by atoms with Crippen molar-refractivity contribution in [3.8, 4) is 0 Å². The fourth-order valence-electron chi connectivity index (χ4n) is 2.25. The average molecular weight is 268 g/mol. The maximum Gasteiger partial charge on any atom is 0.124 e. The summed E-state index contributed by atoms with van der Waals surface area (Å²) in [7, 11) is 1.98. The maximum absolute atomic E-state index is 7.61. The predicted octanol–water partition coefficient (Wildman–Crippen LogP) is 2.24. The SMILES string of the molecule is CN(CC1CCCO1)c1ccc(Cl)cc1C(=N)N. The van der Waals surface area contributed by atoms with Crippen LogP contribution in [0.3, 0.4) is 0 Å². The topological polar surface area (TPSA) is 62.3 Å². The molecule has 1 heterocycles. The molecule has 1 aliphatic heterocycles. The molecule has 3 N–H and O–H groups in total. The number of amidine groups is 1. The Hall–Kier alpha value is -1.26. The highest BCUT2D eigenvalue weighted by Gasteiger charge is 2.19. The molecule has 1 fully saturated rings. The summed E-state index contributed by atoms with van der Waals surface area (Å²) in [4.78, 5) is 2.07. The van der Waals surface area contributed by atoms with Gasteiger partial charge in [-0.2, -0.15) is 0 Å². The monoisotopic (exact) mass is 267 g/mol. The Labute approximate surface area is 112 Å². The number of nitrogens with two attached hydrogens (primary N) is 1. The Morgan fingerprint density at radius 3 is 3.00 bits per heavy atom. The zero-order chi connectivity index (χ0) is 13.1. The van der Waals surface area contributed by atoms with Crippen molar-refractivity contribution in [1.29, 1.82) is 5.41 Å². The van der Waals surface area contributed by atoms with Gasteiger partial charge in [0, 0.05) is 36.5 Å². The molecule has 0 radical (unpaired) electrons. The van der Waals surface area contributed by atoms with Gasteiger partial charge >= 0.3 is 0 Å². The highest BCUT2D eigenvalue weighted by molar-refractivity contribution is 6.31. The van der Waals surface area contributed by atoms with Crippen molar-refractivity contribution in [1.82, 2.24) is 0 Å². The molecule has 1 aromatic rings. The molecule has 2 rings (SSSR count). The summed E-state index contributed by atoms with van der Waals surface area (Å²) in [5, 5.41) is 8.20. The molecule has 0 aliphatic carbocycles.